The number of hydrogen-bond acceptors (Lipinski definition) is 5. The average molecular weight is 410 g/mol. The van der Waals surface area contributed by atoms with Crippen molar-refractivity contribution in [2.75, 3.05) is 6.54 Å². The van der Waals surface area contributed by atoms with E-state index in [1.807, 2.05) is 30.3 Å². The van der Waals surface area contributed by atoms with Crippen LogP contribution in [0.5, 0.6) is 0 Å². The maximum atomic E-state index is 13.4. The van der Waals surface area contributed by atoms with E-state index < -0.39 is 5.92 Å². The number of ketones is 1. The van der Waals surface area contributed by atoms with E-state index in [9.17, 15) is 14.4 Å². The van der Waals surface area contributed by atoms with Crippen LogP contribution in [-0.4, -0.2) is 29.0 Å². The lowest BCUT2D eigenvalue weighted by molar-refractivity contribution is -0.128. The number of Topliss-reactive ketones (excluding diaryl/α,β-unsaturated/α-hetero) is 1. The highest BCUT2D eigenvalue weighted by Gasteiger charge is 2.36. The van der Waals surface area contributed by atoms with Crippen LogP contribution >= 0.6 is 0 Å². The van der Waals surface area contributed by atoms with Crippen LogP contribution in [0.1, 0.15) is 28.8 Å². The van der Waals surface area contributed by atoms with E-state index in [2.05, 4.69) is 5.10 Å². The molecule has 0 bridgehead atoms. The maximum Gasteiger partial charge on any atom is 0.239 e. The van der Waals surface area contributed by atoms with Gasteiger partial charge in [-0.05, 0) is 29.0 Å². The number of carbonyl (C=O) groups excluding carboxylic acids is 2. The number of hydrazone groups is 1. The normalized spacial score (nSPS) is 16.0. The molecule has 152 valence electrons. The molecule has 1 aromatic heterocycles. The highest BCUT2D eigenvalue weighted by atomic mass is 16.3. The summed E-state index contributed by atoms with van der Waals surface area (Å²) in [6.45, 7) is 1.50. The van der Waals surface area contributed by atoms with Gasteiger partial charge in [0.2, 0.25) is 11.7 Å². The van der Waals surface area contributed by atoms with E-state index in [1.54, 1.807) is 36.4 Å². The molecule has 2 heterocycles. The topological polar surface area (TPSA) is 80.0 Å². The smallest absolute Gasteiger partial charge is 0.239 e. The molecule has 0 N–H and O–H groups in total. The van der Waals surface area contributed by atoms with Crippen molar-refractivity contribution in [1.29, 1.82) is 0 Å². The Balaban J connectivity index is 1.61. The molecule has 1 aliphatic heterocycles. The van der Waals surface area contributed by atoms with Gasteiger partial charge in [-0.2, -0.15) is 5.10 Å². The van der Waals surface area contributed by atoms with E-state index in [0.29, 0.717) is 22.1 Å². The lowest BCUT2D eigenvalue weighted by atomic mass is 9.90. The lowest BCUT2D eigenvalue weighted by Gasteiger charge is -2.13. The molecule has 6 nitrogen and oxygen atoms in total. The summed E-state index contributed by atoms with van der Waals surface area (Å²) in [6.07, 6.45) is 1.38. The second kappa shape index (κ2) is 7.32. The molecule has 1 amide bonds. The molecule has 0 saturated carbocycles. The zero-order valence-corrected chi connectivity index (χ0v) is 16.7. The van der Waals surface area contributed by atoms with E-state index in [-0.39, 0.29) is 29.4 Å². The standard InChI is InChI=1S/C25H18N2O4/c1-15(28)27-13-20(21-14-31-22-9-5-4-8-19(22)25(21)30)23(26-27)24(29)18-11-10-16-6-2-3-7-17(16)12-18/h2-12,14,20H,13H2,1H3. The summed E-state index contributed by atoms with van der Waals surface area (Å²) in [5, 5.41) is 7.90. The molecule has 3 aromatic carbocycles. The molecule has 1 aliphatic rings. The van der Waals surface area contributed by atoms with Gasteiger partial charge in [0.1, 0.15) is 11.3 Å². The Bertz CT molecular complexity index is 1450. The van der Waals surface area contributed by atoms with Crippen LogP contribution in [0.15, 0.2) is 87.3 Å². The minimum Gasteiger partial charge on any atom is -0.464 e. The van der Waals surface area contributed by atoms with E-state index in [4.69, 9.17) is 4.42 Å². The van der Waals surface area contributed by atoms with Crippen molar-refractivity contribution >= 4 is 39.1 Å². The largest absolute Gasteiger partial charge is 0.464 e. The maximum absolute atomic E-state index is 13.4. The first-order valence-electron chi connectivity index (χ1n) is 9.93. The molecule has 31 heavy (non-hydrogen) atoms. The number of para-hydroxylation sites is 1. The van der Waals surface area contributed by atoms with Gasteiger partial charge in [0.25, 0.3) is 0 Å². The number of rotatable bonds is 3. The van der Waals surface area contributed by atoms with Gasteiger partial charge in [0, 0.05) is 18.1 Å². The molecular weight excluding hydrogens is 392 g/mol. The van der Waals surface area contributed by atoms with Crippen molar-refractivity contribution in [2.24, 2.45) is 5.10 Å². The minimum absolute atomic E-state index is 0.118. The Hall–Kier alpha value is -4.06. The van der Waals surface area contributed by atoms with Crippen LogP contribution in [0.2, 0.25) is 0 Å². The summed E-state index contributed by atoms with van der Waals surface area (Å²) >= 11 is 0. The van der Waals surface area contributed by atoms with Gasteiger partial charge in [-0.3, -0.25) is 14.4 Å². The first kappa shape index (κ1) is 18.9. The molecule has 6 heteroatoms. The first-order valence-corrected chi connectivity index (χ1v) is 9.93. The Morgan fingerprint density at radius 2 is 1.74 bits per heavy atom. The third kappa shape index (κ3) is 3.22. The Morgan fingerprint density at radius 3 is 2.55 bits per heavy atom. The summed E-state index contributed by atoms with van der Waals surface area (Å²) in [5.74, 6) is -1.27. The third-order valence-corrected chi connectivity index (χ3v) is 5.60. The number of fused-ring (bicyclic) bond motifs is 2. The molecule has 0 radical (unpaired) electrons. The van der Waals surface area contributed by atoms with Crippen molar-refractivity contribution in [3.8, 4) is 0 Å². The third-order valence-electron chi connectivity index (χ3n) is 5.60. The number of hydrogen-bond donors (Lipinski definition) is 0. The molecule has 0 fully saturated rings. The molecule has 4 aromatic rings. The highest BCUT2D eigenvalue weighted by molar-refractivity contribution is 6.48. The van der Waals surface area contributed by atoms with Gasteiger partial charge in [0.05, 0.1) is 24.1 Å². The summed E-state index contributed by atoms with van der Waals surface area (Å²) in [4.78, 5) is 38.6. The summed E-state index contributed by atoms with van der Waals surface area (Å²) < 4.78 is 5.65. The van der Waals surface area contributed by atoms with E-state index >= 15 is 0 Å². The summed E-state index contributed by atoms with van der Waals surface area (Å²) in [6, 6.07) is 20.1. The Kier molecular flexibility index (Phi) is 4.47. The number of nitrogens with zero attached hydrogens (tertiary/aromatic N) is 2. The van der Waals surface area contributed by atoms with Gasteiger partial charge in [-0.1, -0.05) is 48.5 Å². The molecule has 1 atom stereocenters. The quantitative estimate of drug-likeness (QED) is 0.476. The monoisotopic (exact) mass is 410 g/mol. The zero-order chi connectivity index (χ0) is 21.5. The molecule has 1 unspecified atom stereocenters. The molecular formula is C25H18N2O4. The van der Waals surface area contributed by atoms with Crippen molar-refractivity contribution in [3.63, 3.8) is 0 Å². The van der Waals surface area contributed by atoms with Crippen LogP contribution in [0, 0.1) is 0 Å². The fourth-order valence-corrected chi connectivity index (χ4v) is 3.96. The minimum atomic E-state index is -0.663. The molecule has 0 saturated heterocycles. The van der Waals surface area contributed by atoms with Crippen molar-refractivity contribution < 1.29 is 14.0 Å². The Labute approximate surface area is 177 Å². The predicted molar refractivity (Wildman–Crippen MR) is 118 cm³/mol. The van der Waals surface area contributed by atoms with E-state index in [0.717, 1.165) is 10.8 Å². The van der Waals surface area contributed by atoms with Crippen LogP contribution < -0.4 is 5.43 Å². The summed E-state index contributed by atoms with van der Waals surface area (Å²) in [5.41, 5.74) is 1.18. The van der Waals surface area contributed by atoms with Crippen molar-refractivity contribution in [3.05, 3.63) is 94.3 Å². The van der Waals surface area contributed by atoms with Crippen LogP contribution in [0.4, 0.5) is 0 Å². The zero-order valence-electron chi connectivity index (χ0n) is 16.7. The van der Waals surface area contributed by atoms with Crippen LogP contribution in [0.3, 0.4) is 0 Å². The Morgan fingerprint density at radius 1 is 1.00 bits per heavy atom. The van der Waals surface area contributed by atoms with Crippen LogP contribution in [0.25, 0.3) is 21.7 Å². The second-order valence-electron chi connectivity index (χ2n) is 7.55. The number of amides is 1. The average Bonchev–Trinajstić information content (AvgIpc) is 3.24. The van der Waals surface area contributed by atoms with Gasteiger partial charge >= 0.3 is 0 Å². The van der Waals surface area contributed by atoms with Crippen LogP contribution in [-0.2, 0) is 4.79 Å². The van der Waals surface area contributed by atoms with Crippen molar-refractivity contribution in [2.45, 2.75) is 12.8 Å². The lowest BCUT2D eigenvalue weighted by Crippen LogP contribution is -2.28. The molecule has 5 rings (SSSR count). The van der Waals surface area contributed by atoms with Gasteiger partial charge < -0.3 is 4.42 Å². The fraction of sp³-hybridized carbons (Fsp3) is 0.120. The SMILES string of the molecule is CC(=O)N1CC(c2coc3ccccc3c2=O)C(C(=O)c2ccc3ccccc3c2)=N1. The molecule has 0 aliphatic carbocycles. The second-order valence-corrected chi connectivity index (χ2v) is 7.55. The predicted octanol–water partition coefficient (Wildman–Crippen LogP) is 4.13. The summed E-state index contributed by atoms with van der Waals surface area (Å²) in [7, 11) is 0. The van der Waals surface area contributed by atoms with Gasteiger partial charge in [-0.15, -0.1) is 0 Å². The fourth-order valence-electron chi connectivity index (χ4n) is 3.96. The highest BCUT2D eigenvalue weighted by Crippen LogP contribution is 2.28. The molecule has 0 spiro atoms. The van der Waals surface area contributed by atoms with Gasteiger partial charge in [0.15, 0.2) is 5.43 Å². The van der Waals surface area contributed by atoms with Gasteiger partial charge in [-0.25, -0.2) is 5.01 Å². The first-order chi connectivity index (χ1) is 15.0. The number of carbonyl (C=O) groups is 2. The number of benzene rings is 3. The van der Waals surface area contributed by atoms with E-state index in [1.165, 1.54) is 18.2 Å². The van der Waals surface area contributed by atoms with Crippen molar-refractivity contribution in [1.82, 2.24) is 5.01 Å².